The van der Waals surface area contributed by atoms with Crippen LogP contribution < -0.4 is 10.0 Å². The summed E-state index contributed by atoms with van der Waals surface area (Å²) < 4.78 is 66.6. The van der Waals surface area contributed by atoms with Gasteiger partial charge in [-0.15, -0.1) is 0 Å². The van der Waals surface area contributed by atoms with Crippen LogP contribution in [0.5, 0.6) is 0 Å². The van der Waals surface area contributed by atoms with Crippen LogP contribution in [0.4, 0.5) is 19.0 Å². The van der Waals surface area contributed by atoms with Crippen LogP contribution in [0.2, 0.25) is 0 Å². The SMILES string of the molecule is Cc1nc(NC(=O)C2CCC(NS(=O)(=O)C(C)(C)C)CC2)c(F)c(F)c1F. The second-order valence-corrected chi connectivity index (χ2v) is 10.2. The van der Waals surface area contributed by atoms with Gasteiger partial charge in [0.25, 0.3) is 0 Å². The summed E-state index contributed by atoms with van der Waals surface area (Å²) in [6, 6.07) is -0.279. The van der Waals surface area contributed by atoms with Crippen LogP contribution in [-0.2, 0) is 14.8 Å². The van der Waals surface area contributed by atoms with E-state index in [1.165, 1.54) is 6.92 Å². The molecule has 0 aliphatic heterocycles. The fourth-order valence-electron chi connectivity index (χ4n) is 2.80. The Labute approximate surface area is 157 Å². The van der Waals surface area contributed by atoms with Crippen molar-refractivity contribution in [3.05, 3.63) is 23.1 Å². The second kappa shape index (κ2) is 7.75. The molecule has 0 radical (unpaired) electrons. The molecule has 0 bridgehead atoms. The average Bonchev–Trinajstić information content (AvgIpc) is 2.57. The number of nitrogens with zero attached hydrogens (tertiary/aromatic N) is 1. The van der Waals surface area contributed by atoms with Crippen molar-refractivity contribution < 1.29 is 26.4 Å². The van der Waals surface area contributed by atoms with Crippen molar-refractivity contribution in [1.29, 1.82) is 0 Å². The maximum Gasteiger partial charge on any atom is 0.228 e. The summed E-state index contributed by atoms with van der Waals surface area (Å²) >= 11 is 0. The fourth-order valence-corrected chi connectivity index (χ4v) is 3.82. The molecule has 27 heavy (non-hydrogen) atoms. The molecule has 0 saturated heterocycles. The molecule has 0 unspecified atom stereocenters. The van der Waals surface area contributed by atoms with Crippen molar-refractivity contribution in [3.8, 4) is 0 Å². The largest absolute Gasteiger partial charge is 0.308 e. The van der Waals surface area contributed by atoms with Crippen LogP contribution in [0.3, 0.4) is 0 Å². The summed E-state index contributed by atoms with van der Waals surface area (Å²) in [6.07, 6.45) is 1.65. The number of anilines is 1. The first-order valence-corrected chi connectivity index (χ1v) is 10.2. The minimum Gasteiger partial charge on any atom is -0.308 e. The standard InChI is InChI=1S/C17H24F3N3O3S/c1-9-12(18)13(19)14(20)15(21-9)22-16(24)10-5-7-11(8-6-10)23-27(25,26)17(2,3)4/h10-11,23H,5-8H2,1-4H3,(H,21,22,24). The lowest BCUT2D eigenvalue weighted by Crippen LogP contribution is -2.46. The Kier molecular flexibility index (Phi) is 6.20. The van der Waals surface area contributed by atoms with Gasteiger partial charge in [0.1, 0.15) is 0 Å². The lowest BCUT2D eigenvalue weighted by molar-refractivity contribution is -0.120. The van der Waals surface area contributed by atoms with Gasteiger partial charge in [-0.2, -0.15) is 4.39 Å². The second-order valence-electron chi connectivity index (χ2n) is 7.76. The van der Waals surface area contributed by atoms with E-state index in [-0.39, 0.29) is 11.7 Å². The molecule has 10 heteroatoms. The highest BCUT2D eigenvalue weighted by Crippen LogP contribution is 2.28. The van der Waals surface area contributed by atoms with Crippen molar-refractivity contribution in [2.45, 2.75) is 64.2 Å². The van der Waals surface area contributed by atoms with E-state index in [2.05, 4.69) is 15.0 Å². The summed E-state index contributed by atoms with van der Waals surface area (Å²) in [5, 5.41) is 2.21. The monoisotopic (exact) mass is 407 g/mol. The molecule has 0 atom stereocenters. The Balaban J connectivity index is 1.98. The number of hydrogen-bond acceptors (Lipinski definition) is 4. The van der Waals surface area contributed by atoms with Crippen LogP contribution in [0.15, 0.2) is 0 Å². The summed E-state index contributed by atoms with van der Waals surface area (Å²) in [5.41, 5.74) is -0.357. The van der Waals surface area contributed by atoms with E-state index in [4.69, 9.17) is 0 Å². The quantitative estimate of drug-likeness (QED) is 0.803. The number of carbonyl (C=O) groups excluding carboxylic acids is 1. The highest BCUT2D eigenvalue weighted by Gasteiger charge is 2.34. The minimum atomic E-state index is -3.49. The summed E-state index contributed by atoms with van der Waals surface area (Å²) in [4.78, 5) is 15.9. The maximum atomic E-state index is 13.8. The molecule has 0 aromatic carbocycles. The summed E-state index contributed by atoms with van der Waals surface area (Å²) in [5.74, 6) is -6.31. The lowest BCUT2D eigenvalue weighted by Gasteiger charge is -2.30. The van der Waals surface area contributed by atoms with Gasteiger partial charge in [-0.1, -0.05) is 0 Å². The normalized spacial score (nSPS) is 21.1. The Bertz CT molecular complexity index is 830. The third kappa shape index (κ3) is 4.78. The molecule has 2 N–H and O–H groups in total. The first kappa shape index (κ1) is 21.6. The van der Waals surface area contributed by atoms with Crippen LogP contribution in [-0.4, -0.2) is 30.1 Å². The highest BCUT2D eigenvalue weighted by atomic mass is 32.2. The van der Waals surface area contributed by atoms with Gasteiger partial charge in [-0.3, -0.25) is 4.79 Å². The molecule has 0 spiro atoms. The number of hydrogen-bond donors (Lipinski definition) is 2. The van der Waals surface area contributed by atoms with Gasteiger partial charge in [-0.25, -0.2) is 26.9 Å². The predicted octanol–water partition coefficient (Wildman–Crippen LogP) is 3.02. The topological polar surface area (TPSA) is 88.2 Å². The van der Waals surface area contributed by atoms with Crippen molar-refractivity contribution in [3.63, 3.8) is 0 Å². The van der Waals surface area contributed by atoms with E-state index in [9.17, 15) is 26.4 Å². The van der Waals surface area contributed by atoms with E-state index in [1.54, 1.807) is 20.8 Å². The first-order valence-electron chi connectivity index (χ1n) is 8.67. The Morgan fingerprint density at radius 1 is 1.04 bits per heavy atom. The van der Waals surface area contributed by atoms with Gasteiger partial charge < -0.3 is 5.32 Å². The smallest absolute Gasteiger partial charge is 0.228 e. The van der Waals surface area contributed by atoms with Gasteiger partial charge in [0.05, 0.1) is 10.4 Å². The van der Waals surface area contributed by atoms with Crippen molar-refractivity contribution >= 4 is 21.7 Å². The Morgan fingerprint density at radius 2 is 1.59 bits per heavy atom. The molecule has 1 saturated carbocycles. The molecule has 1 aliphatic rings. The van der Waals surface area contributed by atoms with E-state index < -0.39 is 49.9 Å². The number of pyridine rings is 1. The molecule has 1 aromatic heterocycles. The van der Waals surface area contributed by atoms with Crippen LogP contribution in [0.1, 0.15) is 52.1 Å². The Morgan fingerprint density at radius 3 is 2.11 bits per heavy atom. The van der Waals surface area contributed by atoms with Crippen LogP contribution >= 0.6 is 0 Å². The van der Waals surface area contributed by atoms with Gasteiger partial charge in [0.15, 0.2) is 17.5 Å². The number of rotatable bonds is 4. The highest BCUT2D eigenvalue weighted by molar-refractivity contribution is 7.90. The van der Waals surface area contributed by atoms with E-state index in [1.807, 2.05) is 0 Å². The fraction of sp³-hybridized carbons (Fsp3) is 0.647. The lowest BCUT2D eigenvalue weighted by atomic mass is 9.86. The molecule has 6 nitrogen and oxygen atoms in total. The zero-order chi connectivity index (χ0) is 20.6. The minimum absolute atomic E-state index is 0.279. The molecule has 1 fully saturated rings. The first-order chi connectivity index (χ1) is 12.3. The van der Waals surface area contributed by atoms with Crippen molar-refractivity contribution in [2.24, 2.45) is 5.92 Å². The van der Waals surface area contributed by atoms with Gasteiger partial charge in [0, 0.05) is 12.0 Å². The average molecular weight is 407 g/mol. The zero-order valence-electron chi connectivity index (χ0n) is 15.7. The third-order valence-corrected chi connectivity index (χ3v) is 6.91. The van der Waals surface area contributed by atoms with Crippen molar-refractivity contribution in [1.82, 2.24) is 9.71 Å². The molecule has 152 valence electrons. The number of sulfonamides is 1. The van der Waals surface area contributed by atoms with Gasteiger partial charge >= 0.3 is 0 Å². The van der Waals surface area contributed by atoms with Crippen LogP contribution in [0.25, 0.3) is 0 Å². The zero-order valence-corrected chi connectivity index (χ0v) is 16.5. The van der Waals surface area contributed by atoms with Gasteiger partial charge in [0.2, 0.25) is 21.7 Å². The summed E-state index contributed by atoms with van der Waals surface area (Å²) in [6.45, 7) is 5.96. The molecule has 2 rings (SSSR count). The number of amides is 1. The molecule has 1 aliphatic carbocycles. The van der Waals surface area contributed by atoms with Crippen molar-refractivity contribution in [2.75, 3.05) is 5.32 Å². The number of nitrogens with one attached hydrogen (secondary N) is 2. The Hall–Kier alpha value is -1.68. The third-order valence-electron chi connectivity index (χ3n) is 4.66. The molecule has 1 amide bonds. The van der Waals surface area contributed by atoms with E-state index in [0.717, 1.165) is 0 Å². The van der Waals surface area contributed by atoms with Gasteiger partial charge in [-0.05, 0) is 53.4 Å². The number of carbonyl (C=O) groups is 1. The van der Waals surface area contributed by atoms with E-state index >= 15 is 0 Å². The predicted molar refractivity (Wildman–Crippen MR) is 95.0 cm³/mol. The summed E-state index contributed by atoms with van der Waals surface area (Å²) in [7, 11) is -3.49. The number of aryl methyl sites for hydroxylation is 1. The molecule has 1 heterocycles. The molecule has 1 aromatic rings. The molecular formula is C17H24F3N3O3S. The number of aromatic nitrogens is 1. The number of halogens is 3. The van der Waals surface area contributed by atoms with E-state index in [0.29, 0.717) is 25.7 Å². The maximum absolute atomic E-state index is 13.8. The molecular weight excluding hydrogens is 383 g/mol. The van der Waals surface area contributed by atoms with Crippen LogP contribution in [0, 0.1) is 30.3 Å².